The van der Waals surface area contributed by atoms with Gasteiger partial charge in [0.2, 0.25) is 5.91 Å². The van der Waals surface area contributed by atoms with Crippen LogP contribution < -0.4 is 5.32 Å². The minimum absolute atomic E-state index is 0.0270. The van der Waals surface area contributed by atoms with E-state index in [2.05, 4.69) is 15.6 Å². The SMILES string of the molecule is CCNC(=O)[C@H]1CCC(n2nncc2-c2ccc(-c3ccc(Cl)c(F)c3)cc2)C1. The molecule has 0 bridgehead atoms. The zero-order valence-electron chi connectivity index (χ0n) is 16.1. The third-order valence-electron chi connectivity index (χ3n) is 5.48. The van der Waals surface area contributed by atoms with Crippen molar-refractivity contribution in [2.75, 3.05) is 6.54 Å². The molecule has 1 aliphatic carbocycles. The molecule has 1 fully saturated rings. The Morgan fingerprint density at radius 1 is 1.17 bits per heavy atom. The van der Waals surface area contributed by atoms with E-state index in [9.17, 15) is 9.18 Å². The van der Waals surface area contributed by atoms with E-state index >= 15 is 0 Å². The van der Waals surface area contributed by atoms with Gasteiger partial charge in [0.05, 0.1) is 23.0 Å². The Morgan fingerprint density at radius 3 is 2.62 bits per heavy atom. The van der Waals surface area contributed by atoms with Gasteiger partial charge >= 0.3 is 0 Å². The number of rotatable bonds is 5. The predicted octanol–water partition coefficient (Wildman–Crippen LogP) is 4.88. The molecule has 0 radical (unpaired) electrons. The molecule has 0 aliphatic heterocycles. The quantitative estimate of drug-likeness (QED) is 0.649. The van der Waals surface area contributed by atoms with Gasteiger partial charge < -0.3 is 5.32 Å². The lowest BCUT2D eigenvalue weighted by atomic mass is 10.0. The highest BCUT2D eigenvalue weighted by atomic mass is 35.5. The molecular weight excluding hydrogens is 391 g/mol. The number of hydrogen-bond donors (Lipinski definition) is 1. The second-order valence-corrected chi connectivity index (χ2v) is 7.74. The minimum Gasteiger partial charge on any atom is -0.356 e. The van der Waals surface area contributed by atoms with E-state index in [-0.39, 0.29) is 22.9 Å². The topological polar surface area (TPSA) is 59.8 Å². The van der Waals surface area contributed by atoms with Gasteiger partial charge in [0.15, 0.2) is 0 Å². The molecule has 1 amide bonds. The average Bonchev–Trinajstić information content (AvgIpc) is 3.40. The van der Waals surface area contributed by atoms with Gasteiger partial charge in [-0.1, -0.05) is 47.1 Å². The van der Waals surface area contributed by atoms with Crippen molar-refractivity contribution in [1.82, 2.24) is 20.3 Å². The average molecular weight is 413 g/mol. The van der Waals surface area contributed by atoms with Crippen LogP contribution in [0.1, 0.15) is 32.2 Å². The summed E-state index contributed by atoms with van der Waals surface area (Å²) in [5.74, 6) is -0.284. The van der Waals surface area contributed by atoms with E-state index in [1.165, 1.54) is 6.07 Å². The molecule has 1 saturated carbocycles. The normalized spacial score (nSPS) is 18.7. The van der Waals surface area contributed by atoms with Crippen molar-refractivity contribution < 1.29 is 9.18 Å². The number of benzene rings is 2. The monoisotopic (exact) mass is 412 g/mol. The second kappa shape index (κ2) is 8.33. The number of hydrogen-bond acceptors (Lipinski definition) is 3. The van der Waals surface area contributed by atoms with Gasteiger partial charge in [-0.15, -0.1) is 5.10 Å². The fourth-order valence-electron chi connectivity index (χ4n) is 3.97. The van der Waals surface area contributed by atoms with Gasteiger partial charge in [-0.3, -0.25) is 4.79 Å². The summed E-state index contributed by atoms with van der Waals surface area (Å²) in [7, 11) is 0. The maximum atomic E-state index is 13.7. The molecule has 7 heteroatoms. The van der Waals surface area contributed by atoms with Crippen molar-refractivity contribution >= 4 is 17.5 Å². The summed E-state index contributed by atoms with van der Waals surface area (Å²) in [6.07, 6.45) is 4.28. The molecule has 5 nitrogen and oxygen atoms in total. The van der Waals surface area contributed by atoms with E-state index in [0.717, 1.165) is 41.6 Å². The van der Waals surface area contributed by atoms with E-state index < -0.39 is 5.82 Å². The smallest absolute Gasteiger partial charge is 0.223 e. The molecule has 1 unspecified atom stereocenters. The molecule has 0 saturated heterocycles. The third kappa shape index (κ3) is 4.03. The zero-order chi connectivity index (χ0) is 20.4. The molecule has 0 spiro atoms. The van der Waals surface area contributed by atoms with Crippen LogP contribution in [-0.2, 0) is 4.79 Å². The van der Waals surface area contributed by atoms with Crippen LogP contribution in [0.3, 0.4) is 0 Å². The van der Waals surface area contributed by atoms with Crippen molar-refractivity contribution in [1.29, 1.82) is 0 Å². The van der Waals surface area contributed by atoms with Gasteiger partial charge in [0.25, 0.3) is 0 Å². The first kappa shape index (κ1) is 19.6. The zero-order valence-corrected chi connectivity index (χ0v) is 16.9. The van der Waals surface area contributed by atoms with Gasteiger partial charge in [-0.25, -0.2) is 9.07 Å². The summed E-state index contributed by atoms with van der Waals surface area (Å²) in [6.45, 7) is 2.58. The number of aromatic nitrogens is 3. The molecule has 4 rings (SSSR count). The van der Waals surface area contributed by atoms with Crippen molar-refractivity contribution in [2.45, 2.75) is 32.2 Å². The van der Waals surface area contributed by atoms with Crippen molar-refractivity contribution in [3.8, 4) is 22.4 Å². The van der Waals surface area contributed by atoms with Crippen LogP contribution >= 0.6 is 11.6 Å². The molecule has 2 aromatic carbocycles. The molecule has 1 aliphatic rings. The van der Waals surface area contributed by atoms with E-state index in [1.54, 1.807) is 18.3 Å². The second-order valence-electron chi connectivity index (χ2n) is 7.33. The third-order valence-corrected chi connectivity index (χ3v) is 5.79. The van der Waals surface area contributed by atoms with Crippen LogP contribution in [0.5, 0.6) is 0 Å². The molecule has 2 atom stereocenters. The lowest BCUT2D eigenvalue weighted by Crippen LogP contribution is -2.29. The molecule has 29 heavy (non-hydrogen) atoms. The number of amides is 1. The van der Waals surface area contributed by atoms with E-state index in [1.807, 2.05) is 35.9 Å². The number of carbonyl (C=O) groups excluding carboxylic acids is 1. The van der Waals surface area contributed by atoms with Crippen LogP contribution in [0.25, 0.3) is 22.4 Å². The van der Waals surface area contributed by atoms with Crippen LogP contribution in [0.15, 0.2) is 48.7 Å². The maximum Gasteiger partial charge on any atom is 0.223 e. The first-order chi connectivity index (χ1) is 14.1. The Balaban J connectivity index is 1.54. The summed E-state index contributed by atoms with van der Waals surface area (Å²) >= 11 is 5.77. The van der Waals surface area contributed by atoms with Crippen molar-refractivity contribution in [2.24, 2.45) is 5.92 Å². The van der Waals surface area contributed by atoms with Gasteiger partial charge in [0, 0.05) is 18.0 Å². The number of nitrogens with zero attached hydrogens (tertiary/aromatic N) is 3. The summed E-state index contributed by atoms with van der Waals surface area (Å²) in [5.41, 5.74) is 3.57. The van der Waals surface area contributed by atoms with Crippen LogP contribution in [0.2, 0.25) is 5.02 Å². The van der Waals surface area contributed by atoms with Crippen LogP contribution in [0.4, 0.5) is 4.39 Å². The number of carbonyl (C=O) groups is 1. The Hall–Kier alpha value is -2.73. The molecule has 1 heterocycles. The van der Waals surface area contributed by atoms with Crippen molar-refractivity contribution in [3.63, 3.8) is 0 Å². The first-order valence-electron chi connectivity index (χ1n) is 9.80. The minimum atomic E-state index is -0.432. The summed E-state index contributed by atoms with van der Waals surface area (Å²) in [5, 5.41) is 11.4. The Morgan fingerprint density at radius 2 is 1.90 bits per heavy atom. The highest BCUT2D eigenvalue weighted by Gasteiger charge is 2.32. The van der Waals surface area contributed by atoms with Crippen LogP contribution in [-0.4, -0.2) is 27.4 Å². The summed E-state index contributed by atoms with van der Waals surface area (Å²) in [6, 6.07) is 12.8. The maximum absolute atomic E-state index is 13.7. The number of nitrogens with one attached hydrogen (secondary N) is 1. The molecule has 3 aromatic rings. The fourth-order valence-corrected chi connectivity index (χ4v) is 4.08. The van der Waals surface area contributed by atoms with Gasteiger partial charge in [0.1, 0.15) is 5.82 Å². The molecule has 1 aromatic heterocycles. The highest BCUT2D eigenvalue weighted by molar-refractivity contribution is 6.30. The summed E-state index contributed by atoms with van der Waals surface area (Å²) < 4.78 is 15.7. The van der Waals surface area contributed by atoms with E-state index in [4.69, 9.17) is 11.6 Å². The Kier molecular flexibility index (Phi) is 5.62. The molecule has 150 valence electrons. The highest BCUT2D eigenvalue weighted by Crippen LogP contribution is 2.37. The van der Waals surface area contributed by atoms with Crippen LogP contribution in [0, 0.1) is 11.7 Å². The standard InChI is InChI=1S/C22H22ClFN4O/c1-2-25-22(29)17-7-9-18(11-17)28-21(13-26-27-28)15-5-3-14(4-6-15)16-8-10-19(23)20(24)12-16/h3-6,8,10,12-13,17-18H,2,7,9,11H2,1H3,(H,25,29)/t17-,18?/m0/s1. The lowest BCUT2D eigenvalue weighted by Gasteiger charge is -2.14. The van der Waals surface area contributed by atoms with Crippen molar-refractivity contribution in [3.05, 3.63) is 59.5 Å². The molecular formula is C22H22ClFN4O. The first-order valence-corrected chi connectivity index (χ1v) is 10.2. The van der Waals surface area contributed by atoms with Gasteiger partial charge in [-0.05, 0) is 49.4 Å². The molecule has 1 N–H and O–H groups in total. The van der Waals surface area contributed by atoms with E-state index in [0.29, 0.717) is 6.54 Å². The number of halogens is 2. The predicted molar refractivity (Wildman–Crippen MR) is 111 cm³/mol. The Labute approximate surface area is 173 Å². The fraction of sp³-hybridized carbons (Fsp3) is 0.318. The largest absolute Gasteiger partial charge is 0.356 e. The van der Waals surface area contributed by atoms with Gasteiger partial charge in [-0.2, -0.15) is 0 Å². The Bertz CT molecular complexity index is 1020. The summed E-state index contributed by atoms with van der Waals surface area (Å²) in [4.78, 5) is 12.1. The lowest BCUT2D eigenvalue weighted by molar-refractivity contribution is -0.124.